The van der Waals surface area contributed by atoms with Crippen molar-refractivity contribution in [3.63, 3.8) is 0 Å². The van der Waals surface area contributed by atoms with Crippen LogP contribution in [-0.2, 0) is 6.18 Å². The Morgan fingerprint density at radius 2 is 2.04 bits per heavy atom. The van der Waals surface area contributed by atoms with Gasteiger partial charge in [-0.2, -0.15) is 13.2 Å². The minimum absolute atomic E-state index is 0.291. The zero-order valence-electron chi connectivity index (χ0n) is 12.2. The van der Waals surface area contributed by atoms with E-state index < -0.39 is 11.9 Å². The fourth-order valence-electron chi connectivity index (χ4n) is 2.51. The minimum atomic E-state index is -4.41. The number of anilines is 1. The Balaban J connectivity index is 1.55. The van der Waals surface area contributed by atoms with E-state index in [1.54, 1.807) is 18.6 Å². The number of rotatable bonds is 4. The quantitative estimate of drug-likeness (QED) is 0.865. The zero-order chi connectivity index (χ0) is 16.3. The molecule has 23 heavy (non-hydrogen) atoms. The van der Waals surface area contributed by atoms with Crippen LogP contribution in [0.3, 0.4) is 0 Å². The highest BCUT2D eigenvalue weighted by Crippen LogP contribution is 2.30. The fraction of sp³-hybridized carbons (Fsp3) is 0.400. The lowest BCUT2D eigenvalue weighted by Gasteiger charge is -2.19. The lowest BCUT2D eigenvalue weighted by atomic mass is 10.1. The van der Waals surface area contributed by atoms with Crippen LogP contribution in [0.4, 0.5) is 18.9 Å². The third-order valence-corrected chi connectivity index (χ3v) is 3.70. The van der Waals surface area contributed by atoms with Gasteiger partial charge >= 0.3 is 6.18 Å². The SMILES string of the molecule is FC(F)(F)c1ccc(N2CCC(COc3cnccn3)C2)cn1. The molecule has 0 spiro atoms. The van der Waals surface area contributed by atoms with Gasteiger partial charge < -0.3 is 9.64 Å². The maximum Gasteiger partial charge on any atom is 0.433 e. The Bertz CT molecular complexity index is 633. The topological polar surface area (TPSA) is 51.1 Å². The average molecular weight is 324 g/mol. The van der Waals surface area contributed by atoms with Crippen molar-refractivity contribution in [1.82, 2.24) is 15.0 Å². The number of alkyl halides is 3. The first-order valence-electron chi connectivity index (χ1n) is 7.19. The van der Waals surface area contributed by atoms with Gasteiger partial charge in [0.25, 0.3) is 0 Å². The molecule has 1 atom stereocenters. The largest absolute Gasteiger partial charge is 0.476 e. The lowest BCUT2D eigenvalue weighted by Crippen LogP contribution is -2.22. The second-order valence-electron chi connectivity index (χ2n) is 5.35. The van der Waals surface area contributed by atoms with E-state index in [0.29, 0.717) is 30.6 Å². The molecule has 0 N–H and O–H groups in total. The molecular formula is C15H15F3N4O. The normalized spacial score (nSPS) is 18.2. The Labute approximate surface area is 131 Å². The number of ether oxygens (including phenoxy) is 1. The van der Waals surface area contributed by atoms with Crippen molar-refractivity contribution in [2.24, 2.45) is 5.92 Å². The van der Waals surface area contributed by atoms with Crippen LogP contribution in [0.25, 0.3) is 0 Å². The van der Waals surface area contributed by atoms with Crippen LogP contribution in [0.2, 0.25) is 0 Å². The average Bonchev–Trinajstić information content (AvgIpc) is 3.02. The summed E-state index contributed by atoms with van der Waals surface area (Å²) < 4.78 is 43.1. The van der Waals surface area contributed by atoms with Crippen molar-refractivity contribution in [2.45, 2.75) is 12.6 Å². The molecule has 1 fully saturated rings. The van der Waals surface area contributed by atoms with Crippen LogP contribution in [0.1, 0.15) is 12.1 Å². The van der Waals surface area contributed by atoms with Crippen molar-refractivity contribution in [2.75, 3.05) is 24.6 Å². The maximum atomic E-state index is 12.5. The van der Waals surface area contributed by atoms with Crippen molar-refractivity contribution >= 4 is 5.69 Å². The molecule has 0 aliphatic carbocycles. The van der Waals surface area contributed by atoms with E-state index >= 15 is 0 Å². The first-order chi connectivity index (χ1) is 11.0. The Hall–Kier alpha value is -2.38. The predicted molar refractivity (Wildman–Crippen MR) is 77.1 cm³/mol. The van der Waals surface area contributed by atoms with E-state index in [0.717, 1.165) is 19.0 Å². The number of hydrogen-bond acceptors (Lipinski definition) is 5. The molecule has 3 heterocycles. The molecule has 0 aromatic carbocycles. The lowest BCUT2D eigenvalue weighted by molar-refractivity contribution is -0.141. The smallest absolute Gasteiger partial charge is 0.433 e. The van der Waals surface area contributed by atoms with E-state index in [1.807, 2.05) is 4.90 Å². The van der Waals surface area contributed by atoms with Gasteiger partial charge in [-0.3, -0.25) is 4.98 Å². The van der Waals surface area contributed by atoms with Crippen molar-refractivity contribution < 1.29 is 17.9 Å². The summed E-state index contributed by atoms with van der Waals surface area (Å²) >= 11 is 0. The van der Waals surface area contributed by atoms with Gasteiger partial charge in [0.1, 0.15) is 5.69 Å². The maximum absolute atomic E-state index is 12.5. The number of aromatic nitrogens is 3. The summed E-state index contributed by atoms with van der Waals surface area (Å²) in [7, 11) is 0. The third kappa shape index (κ3) is 3.88. The monoisotopic (exact) mass is 324 g/mol. The number of hydrogen-bond donors (Lipinski definition) is 0. The molecule has 0 bridgehead atoms. The van der Waals surface area contributed by atoms with Crippen molar-refractivity contribution in [1.29, 1.82) is 0 Å². The van der Waals surface area contributed by atoms with Gasteiger partial charge in [0, 0.05) is 31.4 Å². The van der Waals surface area contributed by atoms with Gasteiger partial charge in [-0.25, -0.2) is 9.97 Å². The highest BCUT2D eigenvalue weighted by atomic mass is 19.4. The summed E-state index contributed by atoms with van der Waals surface area (Å²) in [4.78, 5) is 13.5. The van der Waals surface area contributed by atoms with Gasteiger partial charge in [0.05, 0.1) is 24.7 Å². The first-order valence-corrected chi connectivity index (χ1v) is 7.19. The molecule has 5 nitrogen and oxygen atoms in total. The third-order valence-electron chi connectivity index (χ3n) is 3.70. The van der Waals surface area contributed by atoms with E-state index in [1.165, 1.54) is 12.3 Å². The van der Waals surface area contributed by atoms with Crippen LogP contribution < -0.4 is 9.64 Å². The molecule has 1 aliphatic heterocycles. The van der Waals surface area contributed by atoms with Crippen LogP contribution in [0.15, 0.2) is 36.9 Å². The summed E-state index contributed by atoms with van der Waals surface area (Å²) in [6, 6.07) is 2.47. The molecule has 0 radical (unpaired) electrons. The Morgan fingerprint density at radius 1 is 1.17 bits per heavy atom. The second kappa shape index (κ2) is 6.39. The van der Waals surface area contributed by atoms with Crippen LogP contribution in [-0.4, -0.2) is 34.6 Å². The molecule has 2 aromatic heterocycles. The van der Waals surface area contributed by atoms with Crippen molar-refractivity contribution in [3.8, 4) is 5.88 Å². The molecule has 2 aromatic rings. The number of nitrogens with zero attached hydrogens (tertiary/aromatic N) is 4. The fourth-order valence-corrected chi connectivity index (χ4v) is 2.51. The highest BCUT2D eigenvalue weighted by Gasteiger charge is 2.32. The van der Waals surface area contributed by atoms with Gasteiger partial charge in [-0.05, 0) is 18.6 Å². The Kier molecular flexibility index (Phi) is 4.31. The molecular weight excluding hydrogens is 309 g/mol. The highest BCUT2D eigenvalue weighted by molar-refractivity contribution is 5.45. The molecule has 3 rings (SSSR count). The van der Waals surface area contributed by atoms with Gasteiger partial charge in [-0.15, -0.1) is 0 Å². The van der Waals surface area contributed by atoms with E-state index in [2.05, 4.69) is 15.0 Å². The molecule has 0 saturated carbocycles. The van der Waals surface area contributed by atoms with E-state index in [9.17, 15) is 13.2 Å². The molecule has 1 aliphatic rings. The van der Waals surface area contributed by atoms with Crippen molar-refractivity contribution in [3.05, 3.63) is 42.6 Å². The number of halogens is 3. The summed E-state index contributed by atoms with van der Waals surface area (Å²) in [6.45, 7) is 1.98. The Morgan fingerprint density at radius 3 is 2.70 bits per heavy atom. The van der Waals surface area contributed by atoms with Crippen LogP contribution >= 0.6 is 0 Å². The first kappa shape index (κ1) is 15.5. The van der Waals surface area contributed by atoms with Gasteiger partial charge in [0.2, 0.25) is 5.88 Å². The standard InChI is InChI=1S/C15H15F3N4O/c16-15(17,18)13-2-1-12(7-21-13)22-6-3-11(9-22)10-23-14-8-19-4-5-20-14/h1-2,4-5,7-8,11H,3,6,9-10H2. The molecule has 0 amide bonds. The number of pyridine rings is 1. The van der Waals surface area contributed by atoms with Crippen LogP contribution in [0.5, 0.6) is 5.88 Å². The van der Waals surface area contributed by atoms with Crippen LogP contribution in [0, 0.1) is 5.92 Å². The minimum Gasteiger partial charge on any atom is -0.476 e. The zero-order valence-corrected chi connectivity index (χ0v) is 12.2. The van der Waals surface area contributed by atoms with Gasteiger partial charge in [0.15, 0.2) is 0 Å². The predicted octanol–water partition coefficient (Wildman–Crippen LogP) is 2.80. The van der Waals surface area contributed by atoms with E-state index in [-0.39, 0.29) is 0 Å². The second-order valence-corrected chi connectivity index (χ2v) is 5.35. The van der Waals surface area contributed by atoms with Gasteiger partial charge in [-0.1, -0.05) is 0 Å². The summed E-state index contributed by atoms with van der Waals surface area (Å²) in [5.41, 5.74) is -0.178. The molecule has 1 saturated heterocycles. The molecule has 1 unspecified atom stereocenters. The molecule has 8 heteroatoms. The summed E-state index contributed by atoms with van der Waals surface area (Å²) in [5.74, 6) is 0.765. The summed E-state index contributed by atoms with van der Waals surface area (Å²) in [5, 5.41) is 0. The van der Waals surface area contributed by atoms with E-state index in [4.69, 9.17) is 4.74 Å². The molecule has 122 valence electrons. The summed E-state index contributed by atoms with van der Waals surface area (Å²) in [6.07, 6.45) is 2.45.